The van der Waals surface area contributed by atoms with Crippen LogP contribution >= 0.6 is 0 Å². The summed E-state index contributed by atoms with van der Waals surface area (Å²) >= 11 is 0. The first kappa shape index (κ1) is 27.8. The third-order valence-electron chi connectivity index (χ3n) is 5.59. The maximum Gasteiger partial charge on any atom is 0.417 e. The second-order valence-electron chi connectivity index (χ2n) is 8.21. The molecule has 2 N–H and O–H groups in total. The number of hydrogen-bond donors (Lipinski definition) is 2. The van der Waals surface area contributed by atoms with Crippen LogP contribution in [0.2, 0.25) is 0 Å². The van der Waals surface area contributed by atoms with Crippen LogP contribution in [0.5, 0.6) is 0 Å². The van der Waals surface area contributed by atoms with Crippen LogP contribution in [0.4, 0.5) is 13.2 Å². The van der Waals surface area contributed by atoms with Gasteiger partial charge in [-0.3, -0.25) is 9.78 Å². The van der Waals surface area contributed by atoms with Crippen molar-refractivity contribution in [3.8, 4) is 0 Å². The number of pyridine rings is 1. The zero-order valence-corrected chi connectivity index (χ0v) is 20.7. The Morgan fingerprint density at radius 2 is 1.83 bits per heavy atom. The van der Waals surface area contributed by atoms with Gasteiger partial charge in [0.2, 0.25) is 26.0 Å². The lowest BCUT2D eigenvalue weighted by Crippen LogP contribution is -2.32. The lowest BCUT2D eigenvalue weighted by atomic mass is 10.1. The number of rotatable bonds is 10. The molecule has 1 amide bonds. The Balaban J connectivity index is 1.51. The van der Waals surface area contributed by atoms with E-state index in [2.05, 4.69) is 21.6 Å². The van der Waals surface area contributed by atoms with Crippen LogP contribution < -0.4 is 10.0 Å². The molecule has 36 heavy (non-hydrogen) atoms. The van der Waals surface area contributed by atoms with E-state index in [0.29, 0.717) is 18.2 Å². The third-order valence-corrected chi connectivity index (χ3v) is 8.47. The van der Waals surface area contributed by atoms with Crippen LogP contribution in [-0.2, 0) is 44.0 Å². The van der Waals surface area contributed by atoms with E-state index in [-0.39, 0.29) is 49.1 Å². The summed E-state index contributed by atoms with van der Waals surface area (Å²) in [7, 11) is -7.36. The molecular formula is C22H25F3N4O5S2. The second-order valence-corrected chi connectivity index (χ2v) is 11.9. The molecule has 0 saturated carbocycles. The summed E-state index contributed by atoms with van der Waals surface area (Å²) in [5, 5.41) is 3.42. The topological polar surface area (TPSA) is 126 Å². The summed E-state index contributed by atoms with van der Waals surface area (Å²) in [5.74, 6) is -0.614. The highest BCUT2D eigenvalue weighted by atomic mass is 32.2. The quantitative estimate of drug-likeness (QED) is 0.470. The van der Waals surface area contributed by atoms with Crippen LogP contribution in [-0.4, -0.2) is 51.7 Å². The first-order valence-electron chi connectivity index (χ1n) is 10.8. The molecule has 1 aliphatic heterocycles. The van der Waals surface area contributed by atoms with Gasteiger partial charge in [-0.25, -0.2) is 21.6 Å². The molecule has 0 radical (unpaired) electrons. The van der Waals surface area contributed by atoms with Gasteiger partial charge in [0.15, 0.2) is 0 Å². The van der Waals surface area contributed by atoms with Crippen molar-refractivity contribution >= 4 is 26.0 Å². The molecule has 1 atom stereocenters. The number of nitrogens with zero attached hydrogens (tertiary/aromatic N) is 2. The average molecular weight is 547 g/mol. The molecule has 196 valence electrons. The van der Waals surface area contributed by atoms with E-state index in [1.807, 2.05) is 0 Å². The van der Waals surface area contributed by atoms with Crippen LogP contribution in [0.3, 0.4) is 0 Å². The van der Waals surface area contributed by atoms with Crippen LogP contribution in [0.25, 0.3) is 0 Å². The van der Waals surface area contributed by atoms with Crippen molar-refractivity contribution in [2.75, 3.05) is 19.6 Å². The van der Waals surface area contributed by atoms with Gasteiger partial charge in [0.25, 0.3) is 0 Å². The smallest absolute Gasteiger partial charge is 0.352 e. The largest absolute Gasteiger partial charge is 0.417 e. The van der Waals surface area contributed by atoms with Gasteiger partial charge in [-0.2, -0.15) is 17.5 Å². The predicted molar refractivity (Wildman–Crippen MR) is 125 cm³/mol. The molecule has 1 aromatic heterocycles. The minimum absolute atomic E-state index is 0.0684. The van der Waals surface area contributed by atoms with E-state index in [9.17, 15) is 34.8 Å². The maximum atomic E-state index is 12.9. The molecule has 3 rings (SSSR count). The van der Waals surface area contributed by atoms with E-state index in [1.54, 1.807) is 12.1 Å². The molecule has 1 aliphatic rings. The minimum atomic E-state index is -4.50. The predicted octanol–water partition coefficient (Wildman–Crippen LogP) is 2.03. The molecule has 1 aromatic carbocycles. The zero-order chi connectivity index (χ0) is 26.6. The van der Waals surface area contributed by atoms with Crippen molar-refractivity contribution in [1.82, 2.24) is 19.3 Å². The number of carbonyl (C=O) groups excluding carboxylic acids is 1. The van der Waals surface area contributed by atoms with Crippen molar-refractivity contribution < 1.29 is 34.8 Å². The molecule has 0 bridgehead atoms. The third kappa shape index (κ3) is 7.35. The molecule has 0 spiro atoms. The molecule has 0 unspecified atom stereocenters. The Morgan fingerprint density at radius 3 is 2.42 bits per heavy atom. The molecule has 1 saturated heterocycles. The number of alkyl halides is 3. The molecule has 1 fully saturated rings. The number of sulfonamides is 2. The Labute approximate surface area is 207 Å². The number of hydrogen-bond acceptors (Lipinski definition) is 6. The van der Waals surface area contributed by atoms with Gasteiger partial charge < -0.3 is 5.32 Å². The van der Waals surface area contributed by atoms with Gasteiger partial charge in [0.1, 0.15) is 0 Å². The van der Waals surface area contributed by atoms with Gasteiger partial charge in [0.05, 0.1) is 16.9 Å². The van der Waals surface area contributed by atoms with Gasteiger partial charge in [-0.15, -0.1) is 0 Å². The Morgan fingerprint density at radius 1 is 1.14 bits per heavy atom. The number of benzene rings is 1. The molecule has 0 aliphatic carbocycles. The summed E-state index contributed by atoms with van der Waals surface area (Å²) < 4.78 is 90.3. The van der Waals surface area contributed by atoms with Crippen LogP contribution in [0, 0.1) is 5.92 Å². The minimum Gasteiger partial charge on any atom is -0.352 e. The summed E-state index contributed by atoms with van der Waals surface area (Å²) in [6.45, 7) is 3.86. The average Bonchev–Trinajstić information content (AvgIpc) is 3.32. The van der Waals surface area contributed by atoms with Crippen molar-refractivity contribution in [3.05, 3.63) is 71.4 Å². The highest BCUT2D eigenvalue weighted by Gasteiger charge is 2.33. The highest BCUT2D eigenvalue weighted by Crippen LogP contribution is 2.28. The van der Waals surface area contributed by atoms with E-state index in [4.69, 9.17) is 0 Å². The standard InChI is InChI=1S/C22H25F3N4O5S2/c1-2-35(31,32)28-13-17-9-10-29(15-17)36(33,34)20-7-3-16(4-8-20)12-27-21(30)11-19-6-5-18(14-26-19)22(23,24)25/h2-8,14,17,28H,1,9-13,15H2,(H,27,30)/t17-/m1/s1. The van der Waals surface area contributed by atoms with Crippen molar-refractivity contribution in [3.63, 3.8) is 0 Å². The second kappa shape index (κ2) is 11.1. The Hall–Kier alpha value is -2.81. The first-order chi connectivity index (χ1) is 16.8. The Bertz CT molecular complexity index is 1300. The molecule has 9 nitrogen and oxygen atoms in total. The van der Waals surface area contributed by atoms with Gasteiger partial charge in [-0.1, -0.05) is 18.7 Å². The SMILES string of the molecule is C=CS(=O)(=O)NC[C@H]1CCN(S(=O)(=O)c2ccc(CNC(=O)Cc3ccc(C(F)(F)F)cn3)cc2)C1. The van der Waals surface area contributed by atoms with E-state index in [1.165, 1.54) is 16.4 Å². The lowest BCUT2D eigenvalue weighted by molar-refractivity contribution is -0.137. The Kier molecular flexibility index (Phi) is 8.54. The number of carbonyl (C=O) groups is 1. The van der Waals surface area contributed by atoms with Crippen molar-refractivity contribution in [1.29, 1.82) is 0 Å². The van der Waals surface area contributed by atoms with E-state index < -0.39 is 37.7 Å². The highest BCUT2D eigenvalue weighted by molar-refractivity contribution is 7.92. The monoisotopic (exact) mass is 546 g/mol. The normalized spacial score (nSPS) is 17.1. The van der Waals surface area contributed by atoms with Crippen molar-refractivity contribution in [2.45, 2.75) is 30.5 Å². The van der Waals surface area contributed by atoms with Gasteiger partial charge >= 0.3 is 6.18 Å². The molecule has 2 heterocycles. The molecule has 14 heteroatoms. The molecule has 2 aromatic rings. The zero-order valence-electron chi connectivity index (χ0n) is 19.0. The maximum absolute atomic E-state index is 12.9. The lowest BCUT2D eigenvalue weighted by Gasteiger charge is -2.17. The van der Waals surface area contributed by atoms with Crippen molar-refractivity contribution in [2.24, 2.45) is 5.92 Å². The van der Waals surface area contributed by atoms with E-state index >= 15 is 0 Å². The number of aromatic nitrogens is 1. The number of halogens is 3. The number of nitrogens with one attached hydrogen (secondary N) is 2. The first-order valence-corrected chi connectivity index (χ1v) is 13.8. The van der Waals surface area contributed by atoms with Gasteiger partial charge in [-0.05, 0) is 42.2 Å². The fraction of sp³-hybridized carbons (Fsp3) is 0.364. The summed E-state index contributed by atoms with van der Waals surface area (Å²) in [6.07, 6.45) is -3.53. The molecular weight excluding hydrogens is 521 g/mol. The summed E-state index contributed by atoms with van der Waals surface area (Å²) in [5.41, 5.74) is -0.0904. The summed E-state index contributed by atoms with van der Waals surface area (Å²) in [6, 6.07) is 7.94. The van der Waals surface area contributed by atoms with Crippen LogP contribution in [0.1, 0.15) is 23.2 Å². The van der Waals surface area contributed by atoms with E-state index in [0.717, 1.165) is 17.5 Å². The number of amides is 1. The fourth-order valence-electron chi connectivity index (χ4n) is 3.53. The fourth-order valence-corrected chi connectivity index (χ4v) is 5.64. The van der Waals surface area contributed by atoms with Crippen LogP contribution in [0.15, 0.2) is 59.5 Å². The summed E-state index contributed by atoms with van der Waals surface area (Å²) in [4.78, 5) is 15.8. The van der Waals surface area contributed by atoms with Gasteiger partial charge in [0, 0.05) is 43.5 Å².